The van der Waals surface area contributed by atoms with Crippen LogP contribution in [0.4, 0.5) is 4.79 Å². The maximum Gasteiger partial charge on any atom is 0.512 e. The summed E-state index contributed by atoms with van der Waals surface area (Å²) in [5, 5.41) is 8.31. The van der Waals surface area contributed by atoms with E-state index in [9.17, 15) is 4.79 Å². The molecule has 0 aromatic carbocycles. The first kappa shape index (κ1) is 10.4. The van der Waals surface area contributed by atoms with Crippen molar-refractivity contribution in [2.75, 3.05) is 0 Å². The highest BCUT2D eigenvalue weighted by molar-refractivity contribution is 5.60. The van der Waals surface area contributed by atoms with Gasteiger partial charge in [0.15, 0.2) is 0 Å². The average Bonchev–Trinajstić information content (AvgIpc) is 2.02. The smallest absolute Gasteiger partial charge is 0.449 e. The maximum absolute atomic E-state index is 10.2. The summed E-state index contributed by atoms with van der Waals surface area (Å²) in [5.74, 6) is -0.00880. The lowest BCUT2D eigenvalue weighted by Crippen LogP contribution is -2.14. The highest BCUT2D eigenvalue weighted by Gasteiger charge is 2.16. The fourth-order valence-corrected chi connectivity index (χ4v) is 0.846. The summed E-state index contributed by atoms with van der Waals surface area (Å²) in [6, 6.07) is 0. The van der Waals surface area contributed by atoms with Gasteiger partial charge in [-0.25, -0.2) is 9.78 Å². The van der Waals surface area contributed by atoms with E-state index in [4.69, 9.17) is 5.11 Å². The van der Waals surface area contributed by atoms with E-state index < -0.39 is 6.16 Å². The monoisotopic (exact) mass is 196 g/mol. The van der Waals surface area contributed by atoms with E-state index in [0.717, 1.165) is 5.69 Å². The molecule has 0 fully saturated rings. The molecule has 0 aliphatic heterocycles. The molecule has 0 saturated carbocycles. The molecule has 0 bridgehead atoms. The minimum Gasteiger partial charge on any atom is -0.449 e. The lowest BCUT2D eigenvalue weighted by Gasteiger charge is -2.16. The maximum atomic E-state index is 10.2. The Hall–Kier alpha value is -1.65. The van der Waals surface area contributed by atoms with Crippen LogP contribution in [0.5, 0.6) is 5.88 Å². The van der Waals surface area contributed by atoms with Crippen LogP contribution in [0.15, 0.2) is 12.4 Å². The number of carbonyl (C=O) groups is 1. The summed E-state index contributed by atoms with van der Waals surface area (Å²) in [7, 11) is 0. The van der Waals surface area contributed by atoms with Gasteiger partial charge in [-0.2, -0.15) is 0 Å². The molecule has 0 spiro atoms. The second kappa shape index (κ2) is 3.61. The topological polar surface area (TPSA) is 72.3 Å². The second-order valence-corrected chi connectivity index (χ2v) is 3.86. The molecule has 0 amide bonds. The van der Waals surface area contributed by atoms with Gasteiger partial charge in [-0.15, -0.1) is 0 Å². The summed E-state index contributed by atoms with van der Waals surface area (Å²) in [4.78, 5) is 18.0. The quantitative estimate of drug-likeness (QED) is 0.693. The molecule has 0 unspecified atom stereocenters. The number of nitrogens with zero attached hydrogens (tertiary/aromatic N) is 2. The highest BCUT2D eigenvalue weighted by atomic mass is 16.7. The third-order valence-electron chi connectivity index (χ3n) is 1.59. The van der Waals surface area contributed by atoms with Crippen molar-refractivity contribution in [3.8, 4) is 5.88 Å². The minimum absolute atomic E-state index is 0.00880. The predicted molar refractivity (Wildman–Crippen MR) is 49.4 cm³/mol. The molecule has 76 valence electrons. The fourth-order valence-electron chi connectivity index (χ4n) is 0.846. The van der Waals surface area contributed by atoms with Crippen molar-refractivity contribution < 1.29 is 14.6 Å². The molecule has 0 saturated heterocycles. The Morgan fingerprint density at radius 1 is 1.36 bits per heavy atom. The van der Waals surface area contributed by atoms with Crippen molar-refractivity contribution in [1.82, 2.24) is 9.97 Å². The number of hydrogen-bond acceptors (Lipinski definition) is 4. The third kappa shape index (κ3) is 2.69. The summed E-state index contributed by atoms with van der Waals surface area (Å²) >= 11 is 0. The van der Waals surface area contributed by atoms with Gasteiger partial charge in [0.25, 0.3) is 0 Å². The van der Waals surface area contributed by atoms with Crippen LogP contribution < -0.4 is 4.74 Å². The van der Waals surface area contributed by atoms with Crippen LogP contribution in [0.2, 0.25) is 0 Å². The Morgan fingerprint density at radius 3 is 2.36 bits per heavy atom. The van der Waals surface area contributed by atoms with E-state index >= 15 is 0 Å². The molecule has 0 atom stereocenters. The van der Waals surface area contributed by atoms with Gasteiger partial charge in [0, 0.05) is 5.41 Å². The van der Waals surface area contributed by atoms with Crippen LogP contribution in [0.25, 0.3) is 0 Å². The fraction of sp³-hybridized carbons (Fsp3) is 0.444. The Bertz CT molecular complexity index is 327. The third-order valence-corrected chi connectivity index (χ3v) is 1.59. The molecule has 14 heavy (non-hydrogen) atoms. The molecule has 0 aliphatic rings. The van der Waals surface area contributed by atoms with Crippen molar-refractivity contribution in [3.05, 3.63) is 18.1 Å². The SMILES string of the molecule is CC(C)(C)c1cnc(OC(=O)O)cn1. The molecule has 1 rings (SSSR count). The van der Waals surface area contributed by atoms with Crippen LogP contribution in [-0.2, 0) is 5.41 Å². The van der Waals surface area contributed by atoms with Gasteiger partial charge >= 0.3 is 6.16 Å². The van der Waals surface area contributed by atoms with Gasteiger partial charge in [-0.3, -0.25) is 4.98 Å². The molecule has 0 aliphatic carbocycles. The van der Waals surface area contributed by atoms with Crippen molar-refractivity contribution >= 4 is 6.16 Å². The second-order valence-electron chi connectivity index (χ2n) is 3.86. The van der Waals surface area contributed by atoms with Crippen molar-refractivity contribution in [2.45, 2.75) is 26.2 Å². The number of aromatic nitrogens is 2. The van der Waals surface area contributed by atoms with Crippen LogP contribution in [0, 0.1) is 0 Å². The number of carboxylic acid groups (broad SMARTS) is 1. The largest absolute Gasteiger partial charge is 0.512 e. The number of rotatable bonds is 1. The Morgan fingerprint density at radius 2 is 2.00 bits per heavy atom. The predicted octanol–water partition coefficient (Wildman–Crippen LogP) is 1.83. The molecular weight excluding hydrogens is 184 g/mol. The molecular formula is C9H12N2O3. The Labute approximate surface area is 81.8 Å². The van der Waals surface area contributed by atoms with Gasteiger partial charge in [-0.05, 0) is 0 Å². The first-order chi connectivity index (χ1) is 6.39. The zero-order valence-corrected chi connectivity index (χ0v) is 8.31. The number of ether oxygens (including phenoxy) is 1. The van der Waals surface area contributed by atoms with Gasteiger partial charge in [0.1, 0.15) is 0 Å². The lowest BCUT2D eigenvalue weighted by molar-refractivity contribution is 0.142. The van der Waals surface area contributed by atoms with Crippen molar-refractivity contribution in [1.29, 1.82) is 0 Å². The molecule has 0 radical (unpaired) electrons. The normalized spacial score (nSPS) is 11.1. The van der Waals surface area contributed by atoms with Gasteiger partial charge in [0.2, 0.25) is 5.88 Å². The molecule has 1 aromatic heterocycles. The van der Waals surface area contributed by atoms with E-state index in [-0.39, 0.29) is 11.3 Å². The zero-order chi connectivity index (χ0) is 10.8. The molecule has 1 aromatic rings. The van der Waals surface area contributed by atoms with Crippen LogP contribution in [-0.4, -0.2) is 21.2 Å². The van der Waals surface area contributed by atoms with Crippen molar-refractivity contribution in [3.63, 3.8) is 0 Å². The summed E-state index contributed by atoms with van der Waals surface area (Å²) in [5.41, 5.74) is 0.685. The van der Waals surface area contributed by atoms with Crippen molar-refractivity contribution in [2.24, 2.45) is 0 Å². The van der Waals surface area contributed by atoms with Crippen LogP contribution >= 0.6 is 0 Å². The molecule has 1 N–H and O–H groups in total. The Kier molecular flexibility index (Phi) is 2.69. The first-order valence-electron chi connectivity index (χ1n) is 4.13. The first-order valence-corrected chi connectivity index (χ1v) is 4.13. The van der Waals surface area contributed by atoms with E-state index in [0.29, 0.717) is 0 Å². The highest BCUT2D eigenvalue weighted by Crippen LogP contribution is 2.19. The molecule has 1 heterocycles. The molecule has 5 nitrogen and oxygen atoms in total. The van der Waals surface area contributed by atoms with E-state index in [2.05, 4.69) is 14.7 Å². The van der Waals surface area contributed by atoms with Crippen LogP contribution in [0.3, 0.4) is 0 Å². The lowest BCUT2D eigenvalue weighted by atomic mass is 9.93. The van der Waals surface area contributed by atoms with Gasteiger partial charge in [0.05, 0.1) is 18.1 Å². The van der Waals surface area contributed by atoms with Gasteiger partial charge in [-0.1, -0.05) is 20.8 Å². The Balaban J connectivity index is 2.84. The summed E-state index contributed by atoms with van der Waals surface area (Å²) in [6.07, 6.45) is 1.43. The van der Waals surface area contributed by atoms with E-state index in [1.807, 2.05) is 20.8 Å². The standard InChI is InChI=1S/C9H12N2O3/c1-9(2,3)6-4-11-7(5-10-6)14-8(12)13/h4-5H,1-3H3,(H,12,13). The number of hydrogen-bond donors (Lipinski definition) is 1. The zero-order valence-electron chi connectivity index (χ0n) is 8.31. The minimum atomic E-state index is -1.39. The van der Waals surface area contributed by atoms with E-state index in [1.165, 1.54) is 12.4 Å². The summed E-state index contributed by atoms with van der Waals surface area (Å²) < 4.78 is 4.32. The molecule has 5 heteroatoms. The van der Waals surface area contributed by atoms with E-state index in [1.54, 1.807) is 0 Å². The van der Waals surface area contributed by atoms with Gasteiger partial charge < -0.3 is 9.84 Å². The summed E-state index contributed by atoms with van der Waals surface area (Å²) in [6.45, 7) is 5.98. The average molecular weight is 196 g/mol. The van der Waals surface area contributed by atoms with Crippen LogP contribution in [0.1, 0.15) is 26.5 Å².